The Labute approximate surface area is 183 Å². The van der Waals surface area contributed by atoms with Gasteiger partial charge in [-0.3, -0.25) is 4.79 Å². The molecule has 7 heteroatoms. The Morgan fingerprint density at radius 3 is 2.40 bits per heavy atom. The second kappa shape index (κ2) is 9.37. The summed E-state index contributed by atoms with van der Waals surface area (Å²) in [5, 5.41) is 11.1. The highest BCUT2D eigenvalue weighted by Crippen LogP contribution is 2.36. The van der Waals surface area contributed by atoms with Gasteiger partial charge in [-0.25, -0.2) is 4.39 Å². The fourth-order valence-electron chi connectivity index (χ4n) is 2.97. The molecule has 0 saturated carbocycles. The minimum Gasteiger partial charge on any atom is -0.507 e. The standard InChI is InChI=1S/C23H19Cl2FO4/c1-13(27)12-30-16-10-19(24)18(20(25)11-16)8-14-3-6-22(28)17(7-14)15-4-5-21(26)23(9-15)29-2/h3-7,9-11,28H,8,12H2,1-2H3. The van der Waals surface area contributed by atoms with Crippen LogP contribution >= 0.6 is 23.2 Å². The van der Waals surface area contributed by atoms with E-state index in [-0.39, 0.29) is 23.9 Å². The zero-order chi connectivity index (χ0) is 21.8. The SMILES string of the molecule is COc1cc(-c2cc(Cc3c(Cl)cc(OCC(C)=O)cc3Cl)ccc2O)ccc1F. The maximum atomic E-state index is 13.7. The summed E-state index contributed by atoms with van der Waals surface area (Å²) in [5.41, 5.74) is 2.66. The van der Waals surface area contributed by atoms with Gasteiger partial charge in [-0.1, -0.05) is 35.3 Å². The summed E-state index contributed by atoms with van der Waals surface area (Å²) in [6, 6.07) is 12.7. The first-order valence-corrected chi connectivity index (χ1v) is 9.80. The topological polar surface area (TPSA) is 55.8 Å². The van der Waals surface area contributed by atoms with Crippen molar-refractivity contribution in [3.8, 4) is 28.4 Å². The number of Topliss-reactive ketones (excluding diaryl/α,β-unsaturated/α-hetero) is 1. The van der Waals surface area contributed by atoms with E-state index in [0.717, 1.165) is 5.56 Å². The van der Waals surface area contributed by atoms with Crippen LogP contribution in [0.2, 0.25) is 10.0 Å². The minimum absolute atomic E-state index is 0.0533. The molecule has 156 valence electrons. The molecule has 0 bridgehead atoms. The first kappa shape index (κ1) is 21.9. The van der Waals surface area contributed by atoms with Crippen LogP contribution in [0.25, 0.3) is 11.1 Å². The molecule has 30 heavy (non-hydrogen) atoms. The Hall–Kier alpha value is -2.76. The average molecular weight is 449 g/mol. The number of ketones is 1. The quantitative estimate of drug-likeness (QED) is 0.476. The van der Waals surface area contributed by atoms with Crippen LogP contribution < -0.4 is 9.47 Å². The van der Waals surface area contributed by atoms with Crippen LogP contribution in [0.5, 0.6) is 17.2 Å². The number of benzene rings is 3. The van der Waals surface area contributed by atoms with Gasteiger partial charge in [0.1, 0.15) is 18.1 Å². The predicted octanol–water partition coefficient (Wildman–Crippen LogP) is 6.07. The van der Waals surface area contributed by atoms with Gasteiger partial charge in [0.05, 0.1) is 7.11 Å². The molecular formula is C23H19Cl2FO4. The van der Waals surface area contributed by atoms with Crippen LogP contribution in [0.4, 0.5) is 4.39 Å². The van der Waals surface area contributed by atoms with Crippen LogP contribution in [0.3, 0.4) is 0 Å². The summed E-state index contributed by atoms with van der Waals surface area (Å²) in [6.07, 6.45) is 0.399. The molecule has 0 spiro atoms. The highest BCUT2D eigenvalue weighted by molar-refractivity contribution is 6.36. The van der Waals surface area contributed by atoms with Crippen molar-refractivity contribution < 1.29 is 23.8 Å². The summed E-state index contributed by atoms with van der Waals surface area (Å²) in [5.74, 6) is -0.0428. The Bertz CT molecular complexity index is 1080. The highest BCUT2D eigenvalue weighted by Gasteiger charge is 2.14. The Morgan fingerprint density at radius 2 is 1.77 bits per heavy atom. The van der Waals surface area contributed by atoms with Gasteiger partial charge >= 0.3 is 0 Å². The summed E-state index contributed by atoms with van der Waals surface area (Å²) in [4.78, 5) is 11.1. The van der Waals surface area contributed by atoms with Crippen LogP contribution in [0.1, 0.15) is 18.1 Å². The smallest absolute Gasteiger partial charge is 0.167 e. The third-order valence-electron chi connectivity index (χ3n) is 4.46. The van der Waals surface area contributed by atoms with Gasteiger partial charge in [-0.2, -0.15) is 0 Å². The van der Waals surface area contributed by atoms with Crippen molar-refractivity contribution in [1.29, 1.82) is 0 Å². The van der Waals surface area contributed by atoms with E-state index in [1.165, 1.54) is 26.2 Å². The van der Waals surface area contributed by atoms with Crippen LogP contribution in [-0.4, -0.2) is 24.6 Å². The third kappa shape index (κ3) is 5.04. The number of carbonyl (C=O) groups excluding carboxylic acids is 1. The third-order valence-corrected chi connectivity index (χ3v) is 5.14. The van der Waals surface area contributed by atoms with Crippen LogP contribution in [-0.2, 0) is 11.2 Å². The van der Waals surface area contributed by atoms with E-state index in [0.29, 0.717) is 38.9 Å². The van der Waals surface area contributed by atoms with Crippen LogP contribution in [0, 0.1) is 5.82 Å². The minimum atomic E-state index is -0.484. The fourth-order valence-corrected chi connectivity index (χ4v) is 3.57. The van der Waals surface area contributed by atoms with E-state index in [1.54, 1.807) is 36.4 Å². The molecule has 0 aliphatic rings. The van der Waals surface area contributed by atoms with Gasteiger partial charge in [-0.15, -0.1) is 0 Å². The number of aromatic hydroxyl groups is 1. The molecule has 0 atom stereocenters. The molecule has 0 aliphatic heterocycles. The number of ether oxygens (including phenoxy) is 2. The molecule has 0 amide bonds. The number of phenols is 1. The fraction of sp³-hybridized carbons (Fsp3) is 0.174. The van der Waals surface area contributed by atoms with Gasteiger partial charge < -0.3 is 14.6 Å². The molecule has 0 radical (unpaired) electrons. The monoisotopic (exact) mass is 448 g/mol. The number of rotatable bonds is 7. The summed E-state index contributed by atoms with van der Waals surface area (Å²) >= 11 is 12.8. The molecule has 0 fully saturated rings. The molecule has 0 heterocycles. The first-order valence-electron chi connectivity index (χ1n) is 9.04. The van der Waals surface area contributed by atoms with Crippen molar-refractivity contribution >= 4 is 29.0 Å². The highest BCUT2D eigenvalue weighted by atomic mass is 35.5. The van der Waals surface area contributed by atoms with Gasteiger partial charge in [0.15, 0.2) is 17.3 Å². The second-order valence-electron chi connectivity index (χ2n) is 6.73. The lowest BCUT2D eigenvalue weighted by Gasteiger charge is -2.13. The summed E-state index contributed by atoms with van der Waals surface area (Å²) in [7, 11) is 1.38. The molecule has 3 aromatic rings. The van der Waals surface area contributed by atoms with Gasteiger partial charge in [-0.05, 0) is 60.0 Å². The van der Waals surface area contributed by atoms with Crippen molar-refractivity contribution in [1.82, 2.24) is 0 Å². The van der Waals surface area contributed by atoms with E-state index in [9.17, 15) is 14.3 Å². The van der Waals surface area contributed by atoms with Crippen molar-refractivity contribution in [3.63, 3.8) is 0 Å². The van der Waals surface area contributed by atoms with Gasteiger partial charge in [0, 0.05) is 22.0 Å². The van der Waals surface area contributed by atoms with E-state index < -0.39 is 5.82 Å². The zero-order valence-corrected chi connectivity index (χ0v) is 17.9. The maximum Gasteiger partial charge on any atom is 0.167 e. The lowest BCUT2D eigenvalue weighted by molar-refractivity contribution is -0.118. The van der Waals surface area contributed by atoms with Crippen molar-refractivity contribution in [2.75, 3.05) is 13.7 Å². The predicted molar refractivity (Wildman–Crippen MR) is 115 cm³/mol. The van der Waals surface area contributed by atoms with Gasteiger partial charge in [0.2, 0.25) is 0 Å². The molecule has 0 aromatic heterocycles. The molecule has 1 N–H and O–H groups in total. The van der Waals surface area contributed by atoms with E-state index in [4.69, 9.17) is 32.7 Å². The number of carbonyl (C=O) groups is 1. The molecule has 4 nitrogen and oxygen atoms in total. The number of hydrogen-bond donors (Lipinski definition) is 1. The lowest BCUT2D eigenvalue weighted by Crippen LogP contribution is -2.06. The number of methoxy groups -OCH3 is 1. The summed E-state index contributed by atoms with van der Waals surface area (Å²) < 4.78 is 24.1. The zero-order valence-electron chi connectivity index (χ0n) is 16.3. The number of halogens is 3. The molecule has 0 saturated heterocycles. The maximum absolute atomic E-state index is 13.7. The second-order valence-corrected chi connectivity index (χ2v) is 7.55. The Morgan fingerprint density at radius 1 is 1.07 bits per heavy atom. The first-order chi connectivity index (χ1) is 14.3. The van der Waals surface area contributed by atoms with Crippen molar-refractivity contribution in [3.05, 3.63) is 75.5 Å². The normalized spacial score (nSPS) is 10.7. The van der Waals surface area contributed by atoms with E-state index in [1.807, 2.05) is 0 Å². The Kier molecular flexibility index (Phi) is 6.85. The van der Waals surface area contributed by atoms with E-state index >= 15 is 0 Å². The van der Waals surface area contributed by atoms with Crippen molar-refractivity contribution in [2.45, 2.75) is 13.3 Å². The average Bonchev–Trinajstić information content (AvgIpc) is 2.71. The molecular weight excluding hydrogens is 430 g/mol. The molecule has 3 aromatic carbocycles. The number of hydrogen-bond acceptors (Lipinski definition) is 4. The molecule has 0 aliphatic carbocycles. The Balaban J connectivity index is 1.91. The number of phenolic OH excluding ortho intramolecular Hbond substituents is 1. The van der Waals surface area contributed by atoms with E-state index in [2.05, 4.69) is 0 Å². The van der Waals surface area contributed by atoms with Crippen molar-refractivity contribution in [2.24, 2.45) is 0 Å². The molecule has 3 rings (SSSR count). The molecule has 0 unspecified atom stereocenters. The van der Waals surface area contributed by atoms with Crippen LogP contribution in [0.15, 0.2) is 48.5 Å². The largest absolute Gasteiger partial charge is 0.507 e. The van der Waals surface area contributed by atoms with Gasteiger partial charge in [0.25, 0.3) is 0 Å². The lowest BCUT2D eigenvalue weighted by atomic mass is 9.98. The summed E-state index contributed by atoms with van der Waals surface area (Å²) in [6.45, 7) is 1.37.